The van der Waals surface area contributed by atoms with Crippen LogP contribution in [0.15, 0.2) is 54.7 Å². The zero-order valence-electron chi connectivity index (χ0n) is 23.3. The predicted molar refractivity (Wildman–Crippen MR) is 146 cm³/mol. The maximum Gasteiger partial charge on any atom is 0.303 e. The number of nitrogens with zero attached hydrogens (tertiary/aromatic N) is 3. The van der Waals surface area contributed by atoms with Crippen LogP contribution < -0.4 is 5.32 Å². The molecule has 1 fully saturated rings. The molecule has 1 aliphatic rings. The van der Waals surface area contributed by atoms with Crippen molar-refractivity contribution in [2.45, 2.75) is 39.5 Å². The molecule has 4 rings (SSSR count). The lowest BCUT2D eigenvalue weighted by Crippen LogP contribution is -2.49. The normalized spacial score (nSPS) is 17.8. The summed E-state index contributed by atoms with van der Waals surface area (Å²) >= 11 is 0. The second kappa shape index (κ2) is 12.9. The minimum Gasteiger partial charge on any atom is -0.456 e. The number of amides is 1. The quantitative estimate of drug-likeness (QED) is 0.339. The van der Waals surface area contributed by atoms with Crippen LogP contribution in [0.25, 0.3) is 11.3 Å². The molecule has 2 N–H and O–H groups in total. The number of benzene rings is 2. The Morgan fingerprint density at radius 1 is 1.20 bits per heavy atom. The van der Waals surface area contributed by atoms with Crippen LogP contribution in [0.1, 0.15) is 38.2 Å². The first kappa shape index (κ1) is 30.3. The van der Waals surface area contributed by atoms with E-state index < -0.39 is 60.3 Å². The van der Waals surface area contributed by atoms with E-state index in [1.54, 1.807) is 24.6 Å². The van der Waals surface area contributed by atoms with Gasteiger partial charge in [0.05, 0.1) is 18.3 Å². The average molecular weight is 573 g/mol. The molecule has 220 valence electrons. The van der Waals surface area contributed by atoms with E-state index in [9.17, 15) is 27.9 Å². The largest absolute Gasteiger partial charge is 0.456 e. The van der Waals surface area contributed by atoms with Crippen LogP contribution in [0, 0.1) is 23.0 Å². The number of alkyl halides is 1. The van der Waals surface area contributed by atoms with Crippen molar-refractivity contribution in [3.05, 3.63) is 77.8 Å². The highest BCUT2D eigenvalue weighted by Crippen LogP contribution is 2.40. The number of nitrogens with one attached hydrogen (secondary N) is 1. The minimum atomic E-state index is -1.22. The average Bonchev–Trinajstić information content (AvgIpc) is 3.54. The summed E-state index contributed by atoms with van der Waals surface area (Å²) in [7, 11) is 0. The van der Waals surface area contributed by atoms with E-state index in [2.05, 4.69) is 5.32 Å². The maximum atomic E-state index is 14.9. The van der Waals surface area contributed by atoms with Crippen molar-refractivity contribution in [1.29, 1.82) is 0 Å². The van der Waals surface area contributed by atoms with Gasteiger partial charge in [-0.25, -0.2) is 18.2 Å². The van der Waals surface area contributed by atoms with Gasteiger partial charge in [0.2, 0.25) is 0 Å². The van der Waals surface area contributed by atoms with Crippen LogP contribution in [-0.2, 0) is 20.9 Å². The molecular formula is C30H35F3N4O4. The molecule has 11 heteroatoms. The molecule has 0 spiro atoms. The Morgan fingerprint density at radius 2 is 1.93 bits per heavy atom. The van der Waals surface area contributed by atoms with Gasteiger partial charge in [0.1, 0.15) is 23.6 Å². The number of rotatable bonds is 11. The van der Waals surface area contributed by atoms with Gasteiger partial charge in [-0.05, 0) is 23.8 Å². The number of ether oxygens (including phenoxy) is 1. The Bertz CT molecular complexity index is 1370. The van der Waals surface area contributed by atoms with Crippen molar-refractivity contribution < 1.29 is 32.6 Å². The summed E-state index contributed by atoms with van der Waals surface area (Å²) < 4.78 is 50.6. The van der Waals surface area contributed by atoms with Gasteiger partial charge in [-0.3, -0.25) is 9.59 Å². The molecule has 0 bridgehead atoms. The molecule has 2 heterocycles. The zero-order chi connectivity index (χ0) is 29.7. The lowest BCUT2D eigenvalue weighted by atomic mass is 9.82. The molecule has 3 aromatic rings. The molecule has 8 nitrogen and oxygen atoms in total. The van der Waals surface area contributed by atoms with Crippen molar-refractivity contribution in [2.24, 2.45) is 11.3 Å². The smallest absolute Gasteiger partial charge is 0.303 e. The topological polar surface area (TPSA) is 96.7 Å². The maximum absolute atomic E-state index is 14.9. The minimum absolute atomic E-state index is 0.0514. The van der Waals surface area contributed by atoms with E-state index in [4.69, 9.17) is 9.72 Å². The number of esters is 1. The first-order chi connectivity index (χ1) is 19.5. The van der Waals surface area contributed by atoms with Crippen LogP contribution in [0.2, 0.25) is 0 Å². The van der Waals surface area contributed by atoms with E-state index in [-0.39, 0.29) is 36.7 Å². The fraction of sp³-hybridized carbons (Fsp3) is 0.433. The number of aromatic nitrogens is 2. The van der Waals surface area contributed by atoms with Crippen LogP contribution in [0.4, 0.5) is 13.2 Å². The van der Waals surface area contributed by atoms with Gasteiger partial charge >= 0.3 is 5.97 Å². The van der Waals surface area contributed by atoms with Gasteiger partial charge in [0, 0.05) is 56.2 Å². The van der Waals surface area contributed by atoms with E-state index in [1.165, 1.54) is 11.8 Å². The van der Waals surface area contributed by atoms with E-state index >= 15 is 0 Å². The van der Waals surface area contributed by atoms with Gasteiger partial charge in [-0.15, -0.1) is 0 Å². The summed E-state index contributed by atoms with van der Waals surface area (Å²) in [6.07, 6.45) is 0.350. The monoisotopic (exact) mass is 572 g/mol. The molecule has 1 saturated heterocycles. The second-order valence-corrected chi connectivity index (χ2v) is 11.0. The van der Waals surface area contributed by atoms with Crippen LogP contribution in [0.3, 0.4) is 0 Å². The van der Waals surface area contributed by atoms with E-state index in [1.807, 2.05) is 30.3 Å². The summed E-state index contributed by atoms with van der Waals surface area (Å²) in [6.45, 7) is 4.33. The van der Waals surface area contributed by atoms with Gasteiger partial charge in [-0.2, -0.15) is 0 Å². The second-order valence-electron chi connectivity index (χ2n) is 11.0. The standard InChI is InChI=1S/C30H35F3N4O4/c1-19(39)41-17-27(40)37(15-21-12-34-13-25(21)33)28(30(2,3)18-38)29-35-26(23-11-22(31)9-10-24(23)32)16-36(29)14-20-7-5-4-6-8-20/h4-11,16,21,25,28,34,38H,12-15,17-18H2,1-3H3. The third-order valence-corrected chi connectivity index (χ3v) is 7.32. The first-order valence-corrected chi connectivity index (χ1v) is 13.4. The number of carbonyl (C=O) groups excluding carboxylic acids is 2. The zero-order valence-corrected chi connectivity index (χ0v) is 23.3. The summed E-state index contributed by atoms with van der Waals surface area (Å²) in [5.41, 5.74) is -0.105. The van der Waals surface area contributed by atoms with Crippen LogP contribution in [0.5, 0.6) is 0 Å². The van der Waals surface area contributed by atoms with E-state index in [0.29, 0.717) is 6.54 Å². The summed E-state index contributed by atoms with van der Waals surface area (Å²) in [5.74, 6) is -2.86. The number of aliphatic hydroxyl groups excluding tert-OH is 1. The van der Waals surface area contributed by atoms with Gasteiger partial charge < -0.3 is 24.6 Å². The highest BCUT2D eigenvalue weighted by molar-refractivity contribution is 5.80. The number of halogens is 3. The summed E-state index contributed by atoms with van der Waals surface area (Å²) in [4.78, 5) is 31.3. The molecule has 3 atom stereocenters. The number of hydrogen-bond donors (Lipinski definition) is 2. The first-order valence-electron chi connectivity index (χ1n) is 13.4. The van der Waals surface area contributed by atoms with Gasteiger partial charge in [0.15, 0.2) is 6.61 Å². The molecule has 1 aromatic heterocycles. The SMILES string of the molecule is CC(=O)OCC(=O)N(CC1CNCC1F)C(c1nc(-c2cc(F)ccc2F)cn1Cc1ccccc1)C(C)(C)CO. The number of aliphatic hydroxyl groups is 1. The summed E-state index contributed by atoms with van der Waals surface area (Å²) in [6, 6.07) is 11.5. The van der Waals surface area contributed by atoms with Crippen molar-refractivity contribution in [3.8, 4) is 11.3 Å². The number of hydrogen-bond acceptors (Lipinski definition) is 6. The molecule has 1 aliphatic heterocycles. The van der Waals surface area contributed by atoms with E-state index in [0.717, 1.165) is 23.8 Å². The lowest BCUT2D eigenvalue weighted by Gasteiger charge is -2.42. The third kappa shape index (κ3) is 7.15. The summed E-state index contributed by atoms with van der Waals surface area (Å²) in [5, 5.41) is 13.5. The highest BCUT2D eigenvalue weighted by atomic mass is 19.1. The van der Waals surface area contributed by atoms with Crippen molar-refractivity contribution in [1.82, 2.24) is 19.8 Å². The fourth-order valence-corrected chi connectivity index (χ4v) is 5.11. The Labute approximate surface area is 237 Å². The number of carbonyl (C=O) groups is 2. The number of imidazole rings is 1. The van der Waals surface area contributed by atoms with Gasteiger partial charge in [0.25, 0.3) is 5.91 Å². The predicted octanol–water partition coefficient (Wildman–Crippen LogP) is 3.89. The fourth-order valence-electron chi connectivity index (χ4n) is 5.11. The molecule has 0 aliphatic carbocycles. The molecule has 3 unspecified atom stereocenters. The molecule has 0 saturated carbocycles. The van der Waals surface area contributed by atoms with Gasteiger partial charge in [-0.1, -0.05) is 44.2 Å². The highest BCUT2D eigenvalue weighted by Gasteiger charge is 2.43. The van der Waals surface area contributed by atoms with Crippen LogP contribution >= 0.6 is 0 Å². The molecule has 2 aromatic carbocycles. The van der Waals surface area contributed by atoms with Crippen molar-refractivity contribution in [3.63, 3.8) is 0 Å². The molecule has 0 radical (unpaired) electrons. The Morgan fingerprint density at radius 3 is 2.56 bits per heavy atom. The van der Waals surface area contributed by atoms with Crippen molar-refractivity contribution >= 4 is 11.9 Å². The Hall–Kier alpha value is -3.70. The third-order valence-electron chi connectivity index (χ3n) is 7.32. The Kier molecular flexibility index (Phi) is 9.49. The molecule has 1 amide bonds. The van der Waals surface area contributed by atoms with Crippen molar-refractivity contribution in [2.75, 3.05) is 32.8 Å². The lowest BCUT2D eigenvalue weighted by molar-refractivity contribution is -0.154. The molecular weight excluding hydrogens is 537 g/mol. The molecule has 41 heavy (non-hydrogen) atoms. The Balaban J connectivity index is 1.89. The van der Waals surface area contributed by atoms with Crippen LogP contribution in [-0.4, -0.2) is 70.5 Å².